The quantitative estimate of drug-likeness (QED) is 0.383. The summed E-state index contributed by atoms with van der Waals surface area (Å²) in [6, 6.07) is 8.11. The molecule has 3 rings (SSSR count). The molecule has 0 aliphatic heterocycles. The smallest absolute Gasteiger partial charge is 0.223 e. The van der Waals surface area contributed by atoms with Gasteiger partial charge in [0, 0.05) is 23.9 Å². The maximum atomic E-state index is 12.3. The van der Waals surface area contributed by atoms with Gasteiger partial charge in [-0.25, -0.2) is 9.67 Å². The highest BCUT2D eigenvalue weighted by Crippen LogP contribution is 2.25. The van der Waals surface area contributed by atoms with Gasteiger partial charge in [0.05, 0.1) is 17.8 Å². The van der Waals surface area contributed by atoms with E-state index in [0.29, 0.717) is 24.6 Å². The molecule has 1 amide bonds. The van der Waals surface area contributed by atoms with Crippen LogP contribution in [0.3, 0.4) is 0 Å². The van der Waals surface area contributed by atoms with Crippen molar-refractivity contribution in [3.63, 3.8) is 0 Å². The van der Waals surface area contributed by atoms with E-state index in [-0.39, 0.29) is 17.9 Å². The zero-order valence-electron chi connectivity index (χ0n) is 18.0. The van der Waals surface area contributed by atoms with Gasteiger partial charge in [0.25, 0.3) is 0 Å². The van der Waals surface area contributed by atoms with Crippen LogP contribution in [0.1, 0.15) is 39.0 Å². The number of para-hydroxylation sites is 1. The molecule has 2 aromatic rings. The van der Waals surface area contributed by atoms with Crippen molar-refractivity contribution in [1.29, 1.82) is 0 Å². The predicted molar refractivity (Wildman–Crippen MR) is 123 cm³/mol. The first kappa shape index (κ1) is 22.6. The van der Waals surface area contributed by atoms with Crippen LogP contribution >= 0.6 is 0 Å². The third-order valence-electron chi connectivity index (χ3n) is 5.52. The molecule has 1 aromatic carbocycles. The number of nitrogens with one attached hydrogen (secondary N) is 2. The summed E-state index contributed by atoms with van der Waals surface area (Å²) < 4.78 is 1.74. The first-order valence-electron chi connectivity index (χ1n) is 10.8. The molecule has 1 aliphatic rings. The summed E-state index contributed by atoms with van der Waals surface area (Å²) >= 11 is 0. The Labute approximate surface area is 182 Å². The second-order valence-electron chi connectivity index (χ2n) is 8.01. The Hall–Kier alpha value is -3.13. The van der Waals surface area contributed by atoms with E-state index in [4.69, 9.17) is 5.73 Å². The number of rotatable bonds is 8. The normalized spacial score (nSPS) is 20.6. The molecule has 1 saturated carbocycles. The Morgan fingerprint density at radius 2 is 2.13 bits per heavy atom. The number of aromatic nitrogens is 2. The average Bonchev–Trinajstić information content (AvgIpc) is 3.18. The van der Waals surface area contributed by atoms with Gasteiger partial charge in [0.15, 0.2) is 5.84 Å². The van der Waals surface area contributed by atoms with Crippen LogP contribution in [-0.2, 0) is 4.79 Å². The fourth-order valence-electron chi connectivity index (χ4n) is 3.85. The number of aliphatic hydroxyl groups excluding tert-OH is 1. The Morgan fingerprint density at radius 3 is 2.84 bits per heavy atom. The van der Waals surface area contributed by atoms with Gasteiger partial charge in [-0.05, 0) is 57.4 Å². The minimum atomic E-state index is -0.398. The van der Waals surface area contributed by atoms with Crippen molar-refractivity contribution in [2.24, 2.45) is 16.6 Å². The summed E-state index contributed by atoms with van der Waals surface area (Å²) in [5.41, 5.74) is 6.57. The minimum absolute atomic E-state index is 0.0231. The summed E-state index contributed by atoms with van der Waals surface area (Å²) in [7, 11) is 0. The maximum Gasteiger partial charge on any atom is 0.223 e. The molecule has 1 fully saturated rings. The number of hydrogen-bond donors (Lipinski definition) is 4. The number of hydrogen-bond acceptors (Lipinski definition) is 6. The molecular formula is C23H32N6O2. The highest BCUT2D eigenvalue weighted by atomic mass is 16.3. The van der Waals surface area contributed by atoms with Crippen molar-refractivity contribution < 1.29 is 9.90 Å². The molecule has 0 bridgehead atoms. The number of carbonyl (C=O) groups is 1. The SMILES string of the molecule is C=C(N=C(/C=C\N)n1ncc2ccccc21)NC1CCC(C(=O)NCCC(C)O)CC1. The van der Waals surface area contributed by atoms with Gasteiger partial charge in [0.2, 0.25) is 5.91 Å². The van der Waals surface area contributed by atoms with Gasteiger partial charge in [0.1, 0.15) is 5.82 Å². The molecule has 1 atom stereocenters. The molecule has 8 nitrogen and oxygen atoms in total. The highest BCUT2D eigenvalue weighted by molar-refractivity contribution is 6.00. The van der Waals surface area contributed by atoms with Gasteiger partial charge in [-0.2, -0.15) is 5.10 Å². The van der Waals surface area contributed by atoms with E-state index in [9.17, 15) is 9.90 Å². The van der Waals surface area contributed by atoms with Gasteiger partial charge >= 0.3 is 0 Å². The molecule has 1 unspecified atom stereocenters. The van der Waals surface area contributed by atoms with Crippen molar-refractivity contribution in [2.45, 2.75) is 51.2 Å². The first-order valence-corrected chi connectivity index (χ1v) is 10.8. The van der Waals surface area contributed by atoms with Crippen LogP contribution in [-0.4, -0.2) is 45.3 Å². The van der Waals surface area contributed by atoms with E-state index in [0.717, 1.165) is 36.6 Å². The highest BCUT2D eigenvalue weighted by Gasteiger charge is 2.26. The van der Waals surface area contributed by atoms with Crippen LogP contribution in [0.25, 0.3) is 10.9 Å². The van der Waals surface area contributed by atoms with E-state index in [1.54, 1.807) is 23.9 Å². The molecule has 166 valence electrons. The topological polar surface area (TPSA) is 118 Å². The van der Waals surface area contributed by atoms with Gasteiger partial charge in [-0.3, -0.25) is 4.79 Å². The maximum absolute atomic E-state index is 12.3. The van der Waals surface area contributed by atoms with E-state index in [1.165, 1.54) is 6.20 Å². The molecule has 1 aromatic heterocycles. The third kappa shape index (κ3) is 6.18. The fraction of sp³-hybridized carbons (Fsp3) is 0.435. The van der Waals surface area contributed by atoms with E-state index < -0.39 is 6.10 Å². The molecule has 8 heteroatoms. The Balaban J connectivity index is 1.56. The monoisotopic (exact) mass is 424 g/mol. The number of benzene rings is 1. The summed E-state index contributed by atoms with van der Waals surface area (Å²) in [6.07, 6.45) is 8.47. The second kappa shape index (κ2) is 10.8. The zero-order valence-corrected chi connectivity index (χ0v) is 18.0. The van der Waals surface area contributed by atoms with Gasteiger partial charge < -0.3 is 21.5 Å². The first-order chi connectivity index (χ1) is 15.0. The number of aliphatic imine (C=N–C) groups is 1. The summed E-state index contributed by atoms with van der Waals surface area (Å²) in [4.78, 5) is 16.9. The van der Waals surface area contributed by atoms with E-state index in [2.05, 4.69) is 27.3 Å². The van der Waals surface area contributed by atoms with E-state index >= 15 is 0 Å². The summed E-state index contributed by atoms with van der Waals surface area (Å²) in [5.74, 6) is 1.22. The van der Waals surface area contributed by atoms with Crippen molar-refractivity contribution >= 4 is 22.6 Å². The standard InChI is InChI=1S/C23H32N6O2/c1-16(30)12-14-25-23(31)18-7-9-20(10-8-18)27-17(2)28-22(11-13-24)29-21-6-4-3-5-19(21)15-26-29/h3-6,11,13,15-16,18,20,27,30H,2,7-10,12,14,24H2,1H3,(H,25,31)/b13-11-,28-22?. The van der Waals surface area contributed by atoms with Crippen molar-refractivity contribution in [3.8, 4) is 0 Å². The number of nitrogens with two attached hydrogens (primary N) is 1. The molecular weight excluding hydrogens is 392 g/mol. The van der Waals surface area contributed by atoms with Gasteiger partial charge in [-0.1, -0.05) is 24.8 Å². The molecule has 0 spiro atoms. The summed E-state index contributed by atoms with van der Waals surface area (Å²) in [6.45, 7) is 6.29. The Bertz CT molecular complexity index is 954. The predicted octanol–water partition coefficient (Wildman–Crippen LogP) is 2.26. The number of allylic oxidation sites excluding steroid dienone is 1. The molecule has 31 heavy (non-hydrogen) atoms. The molecule has 1 aliphatic carbocycles. The van der Waals surface area contributed by atoms with Crippen LogP contribution < -0.4 is 16.4 Å². The van der Waals surface area contributed by atoms with Crippen LogP contribution in [0, 0.1) is 5.92 Å². The number of aliphatic hydroxyl groups is 1. The molecule has 5 N–H and O–H groups in total. The van der Waals surface area contributed by atoms with E-state index in [1.807, 2.05) is 24.3 Å². The second-order valence-corrected chi connectivity index (χ2v) is 8.01. The van der Waals surface area contributed by atoms with Crippen molar-refractivity contribution in [3.05, 3.63) is 55.1 Å². The van der Waals surface area contributed by atoms with Crippen LogP contribution in [0.4, 0.5) is 0 Å². The minimum Gasteiger partial charge on any atom is -0.404 e. The lowest BCUT2D eigenvalue weighted by atomic mass is 9.85. The Morgan fingerprint density at radius 1 is 1.39 bits per heavy atom. The number of carbonyl (C=O) groups excluding carboxylic acids is 1. The summed E-state index contributed by atoms with van der Waals surface area (Å²) in [5, 5.41) is 21.0. The molecule has 0 saturated heterocycles. The van der Waals surface area contributed by atoms with Crippen LogP contribution in [0.15, 0.2) is 60.1 Å². The van der Waals surface area contributed by atoms with Crippen molar-refractivity contribution in [2.75, 3.05) is 6.54 Å². The number of fused-ring (bicyclic) bond motifs is 1. The number of amides is 1. The zero-order chi connectivity index (χ0) is 22.2. The third-order valence-corrected chi connectivity index (χ3v) is 5.52. The average molecular weight is 425 g/mol. The van der Waals surface area contributed by atoms with Crippen LogP contribution in [0.2, 0.25) is 0 Å². The largest absolute Gasteiger partial charge is 0.404 e. The number of nitrogens with zero attached hydrogens (tertiary/aromatic N) is 3. The lowest BCUT2D eigenvalue weighted by Crippen LogP contribution is -2.38. The molecule has 0 radical (unpaired) electrons. The van der Waals surface area contributed by atoms with Gasteiger partial charge in [-0.15, -0.1) is 0 Å². The van der Waals surface area contributed by atoms with Crippen LogP contribution in [0.5, 0.6) is 0 Å². The van der Waals surface area contributed by atoms with Crippen molar-refractivity contribution in [1.82, 2.24) is 20.4 Å². The lowest BCUT2D eigenvalue weighted by Gasteiger charge is -2.29. The Kier molecular flexibility index (Phi) is 7.83. The fourth-order valence-corrected chi connectivity index (χ4v) is 3.85. The molecule has 1 heterocycles. The lowest BCUT2D eigenvalue weighted by molar-refractivity contribution is -0.126.